The van der Waals surface area contributed by atoms with Crippen molar-refractivity contribution in [2.75, 3.05) is 35.3 Å². The van der Waals surface area contributed by atoms with Gasteiger partial charge in [0.15, 0.2) is 17.4 Å². The molecule has 1 aliphatic heterocycles. The van der Waals surface area contributed by atoms with Gasteiger partial charge in [0, 0.05) is 55.7 Å². The van der Waals surface area contributed by atoms with Crippen LogP contribution in [0.3, 0.4) is 0 Å². The van der Waals surface area contributed by atoms with E-state index in [1.807, 2.05) is 22.8 Å². The van der Waals surface area contributed by atoms with Gasteiger partial charge in [-0.1, -0.05) is 0 Å². The van der Waals surface area contributed by atoms with Crippen LogP contribution in [0.5, 0.6) is 0 Å². The third-order valence-electron chi connectivity index (χ3n) is 8.36. The first kappa shape index (κ1) is 26.2. The maximum Gasteiger partial charge on any atom is 0.246 e. The summed E-state index contributed by atoms with van der Waals surface area (Å²) in [6.07, 6.45) is 11.9. The topological polar surface area (TPSA) is 137 Å². The van der Waals surface area contributed by atoms with Crippen LogP contribution < -0.4 is 15.5 Å². The number of anilines is 3. The molecule has 11 nitrogen and oxygen atoms in total. The maximum absolute atomic E-state index is 13.5. The predicted molar refractivity (Wildman–Crippen MR) is 150 cm³/mol. The van der Waals surface area contributed by atoms with Gasteiger partial charge in [-0.25, -0.2) is 12.9 Å². The Morgan fingerprint density at radius 3 is 2.74 bits per heavy atom. The number of carbonyl (C=O) groups is 1. The Labute approximate surface area is 229 Å². The molecule has 12 heteroatoms. The number of hydrogen-bond donors (Lipinski definition) is 3. The minimum atomic E-state index is -2.95. The highest BCUT2D eigenvalue weighted by atomic mass is 32.2. The summed E-state index contributed by atoms with van der Waals surface area (Å²) in [5.41, 5.74) is 2.01. The number of carbonyl (C=O) groups excluding carboxylic acids is 1. The lowest BCUT2D eigenvalue weighted by Crippen LogP contribution is -2.40. The van der Waals surface area contributed by atoms with Crippen LogP contribution in [0.1, 0.15) is 69.4 Å². The van der Waals surface area contributed by atoms with E-state index < -0.39 is 9.84 Å². The SMILES string of the molecule is CS(=O)(=O)CCNC1CCC(CC(=O)C2CCCN2c2nc(Nc3cc(C4CC4)[nH]n3)c3cccn3n2)CC1. The van der Waals surface area contributed by atoms with Crippen LogP contribution in [0.15, 0.2) is 24.4 Å². The zero-order chi connectivity index (χ0) is 27.0. The number of hydrogen-bond acceptors (Lipinski definition) is 9. The number of H-pyrrole nitrogens is 1. The van der Waals surface area contributed by atoms with E-state index in [9.17, 15) is 13.2 Å². The van der Waals surface area contributed by atoms with Crippen LogP contribution in [0.2, 0.25) is 0 Å². The third-order valence-corrected chi connectivity index (χ3v) is 9.31. The molecular formula is C27H38N8O3S. The van der Waals surface area contributed by atoms with Gasteiger partial charge in [0.1, 0.15) is 15.4 Å². The number of rotatable bonds is 11. The molecule has 3 aromatic heterocycles. The molecule has 39 heavy (non-hydrogen) atoms. The van der Waals surface area contributed by atoms with E-state index in [2.05, 4.69) is 31.8 Å². The average Bonchev–Trinajstić information content (AvgIpc) is 3.28. The van der Waals surface area contributed by atoms with E-state index in [1.165, 1.54) is 19.1 Å². The first-order valence-corrected chi connectivity index (χ1v) is 16.3. The summed E-state index contributed by atoms with van der Waals surface area (Å²) in [7, 11) is -2.95. The predicted octanol–water partition coefficient (Wildman–Crippen LogP) is 3.19. The van der Waals surface area contributed by atoms with Gasteiger partial charge in [0.05, 0.1) is 11.8 Å². The Morgan fingerprint density at radius 2 is 1.97 bits per heavy atom. The first-order chi connectivity index (χ1) is 18.8. The fourth-order valence-electron chi connectivity index (χ4n) is 6.04. The van der Waals surface area contributed by atoms with Crippen molar-refractivity contribution >= 4 is 38.7 Å². The smallest absolute Gasteiger partial charge is 0.246 e. The molecule has 0 radical (unpaired) electrons. The molecule has 4 heterocycles. The zero-order valence-corrected chi connectivity index (χ0v) is 23.3. The highest BCUT2D eigenvalue weighted by Crippen LogP contribution is 2.40. The van der Waals surface area contributed by atoms with Crippen LogP contribution in [0.25, 0.3) is 5.52 Å². The van der Waals surface area contributed by atoms with Crippen LogP contribution in [-0.4, -0.2) is 76.2 Å². The molecular weight excluding hydrogens is 516 g/mol. The van der Waals surface area contributed by atoms with Crippen molar-refractivity contribution < 1.29 is 13.2 Å². The van der Waals surface area contributed by atoms with Gasteiger partial charge in [0.25, 0.3) is 0 Å². The fraction of sp³-hybridized carbons (Fsp3) is 0.630. The molecule has 1 saturated heterocycles. The number of Topliss-reactive ketones (excluding diaryl/α,β-unsaturated/α-hetero) is 1. The lowest BCUT2D eigenvalue weighted by Gasteiger charge is -2.30. The van der Waals surface area contributed by atoms with E-state index in [0.29, 0.717) is 42.6 Å². The zero-order valence-electron chi connectivity index (χ0n) is 22.5. The summed E-state index contributed by atoms with van der Waals surface area (Å²) in [5.74, 6) is 3.38. The fourth-order valence-corrected chi connectivity index (χ4v) is 6.53. The highest BCUT2D eigenvalue weighted by molar-refractivity contribution is 7.90. The molecule has 1 atom stereocenters. The number of nitrogens with one attached hydrogen (secondary N) is 3. The molecule has 6 rings (SSSR count). The standard InChI is InChI=1S/C27H38N8O3S/c1-39(37,38)15-12-28-20-10-6-18(7-11-20)16-24(36)22-4-2-13-34(22)27-30-26(23-5-3-14-35(23)33-27)29-25-17-21(31-32-25)19-8-9-19/h3,5,14,17-20,22,28H,2,4,6-13,15-16H2,1H3,(H2,29,30,31,32,33). The summed E-state index contributed by atoms with van der Waals surface area (Å²) in [5, 5.41) is 19.1. The highest BCUT2D eigenvalue weighted by Gasteiger charge is 2.35. The van der Waals surface area contributed by atoms with Crippen LogP contribution in [-0.2, 0) is 14.6 Å². The third kappa shape index (κ3) is 6.27. The van der Waals surface area contributed by atoms with Gasteiger partial charge in [-0.2, -0.15) is 10.1 Å². The number of aromatic amines is 1. The normalized spacial score (nSPS) is 23.9. The molecule has 3 aromatic rings. The summed E-state index contributed by atoms with van der Waals surface area (Å²) in [6, 6.07) is 6.10. The Kier molecular flexibility index (Phi) is 7.32. The number of aromatic nitrogens is 5. The molecule has 0 amide bonds. The molecule has 3 aliphatic rings. The van der Waals surface area contributed by atoms with Crippen molar-refractivity contribution in [3.63, 3.8) is 0 Å². The van der Waals surface area contributed by atoms with Gasteiger partial charge in [-0.05, 0) is 69.4 Å². The van der Waals surface area contributed by atoms with Crippen molar-refractivity contribution in [2.45, 2.75) is 75.8 Å². The quantitative estimate of drug-likeness (QED) is 0.326. The van der Waals surface area contributed by atoms with Crippen molar-refractivity contribution in [3.8, 4) is 0 Å². The minimum Gasteiger partial charge on any atom is -0.329 e. The first-order valence-electron chi connectivity index (χ1n) is 14.2. The molecule has 2 aliphatic carbocycles. The lowest BCUT2D eigenvalue weighted by molar-refractivity contribution is -0.121. The second kappa shape index (κ2) is 10.9. The summed E-state index contributed by atoms with van der Waals surface area (Å²) < 4.78 is 24.6. The van der Waals surface area contributed by atoms with Crippen LogP contribution in [0.4, 0.5) is 17.6 Å². The van der Waals surface area contributed by atoms with E-state index in [4.69, 9.17) is 10.1 Å². The van der Waals surface area contributed by atoms with E-state index in [0.717, 1.165) is 62.1 Å². The number of sulfone groups is 1. The van der Waals surface area contributed by atoms with Gasteiger partial charge in [0.2, 0.25) is 5.95 Å². The van der Waals surface area contributed by atoms with Crippen LogP contribution in [0, 0.1) is 5.92 Å². The Balaban J connectivity index is 1.09. The maximum atomic E-state index is 13.5. The van der Waals surface area contributed by atoms with Crippen LogP contribution >= 0.6 is 0 Å². The van der Waals surface area contributed by atoms with Crippen molar-refractivity contribution in [3.05, 3.63) is 30.1 Å². The Morgan fingerprint density at radius 1 is 1.15 bits per heavy atom. The lowest BCUT2D eigenvalue weighted by atomic mass is 9.82. The molecule has 1 unspecified atom stereocenters. The largest absolute Gasteiger partial charge is 0.329 e. The van der Waals surface area contributed by atoms with Crippen molar-refractivity contribution in [2.24, 2.45) is 5.92 Å². The summed E-state index contributed by atoms with van der Waals surface area (Å²) in [4.78, 5) is 20.5. The van der Waals surface area contributed by atoms with Gasteiger partial charge < -0.3 is 15.5 Å². The average molecular weight is 555 g/mol. The Bertz CT molecular complexity index is 1420. The van der Waals surface area contributed by atoms with Gasteiger partial charge in [-0.15, -0.1) is 5.10 Å². The monoisotopic (exact) mass is 554 g/mol. The number of nitrogens with zero attached hydrogens (tertiary/aromatic N) is 5. The molecule has 2 saturated carbocycles. The molecule has 0 aromatic carbocycles. The van der Waals surface area contributed by atoms with E-state index >= 15 is 0 Å². The van der Waals surface area contributed by atoms with Gasteiger partial charge in [-0.3, -0.25) is 9.89 Å². The Hall–Kier alpha value is -2.99. The number of ketones is 1. The molecule has 0 spiro atoms. The second-order valence-corrected chi connectivity index (χ2v) is 13.8. The number of fused-ring (bicyclic) bond motifs is 1. The second-order valence-electron chi connectivity index (χ2n) is 11.5. The molecule has 210 valence electrons. The summed E-state index contributed by atoms with van der Waals surface area (Å²) in [6.45, 7) is 1.25. The van der Waals surface area contributed by atoms with E-state index in [-0.39, 0.29) is 17.6 Å². The van der Waals surface area contributed by atoms with Gasteiger partial charge >= 0.3 is 0 Å². The molecule has 3 N–H and O–H groups in total. The van der Waals surface area contributed by atoms with Crippen molar-refractivity contribution in [1.29, 1.82) is 0 Å². The summed E-state index contributed by atoms with van der Waals surface area (Å²) >= 11 is 0. The van der Waals surface area contributed by atoms with Crippen molar-refractivity contribution in [1.82, 2.24) is 30.1 Å². The minimum absolute atomic E-state index is 0.167. The molecule has 0 bridgehead atoms. The molecule has 3 fully saturated rings. The van der Waals surface area contributed by atoms with E-state index in [1.54, 1.807) is 0 Å².